The molecule has 0 atom stereocenters. The fourth-order valence-electron chi connectivity index (χ4n) is 1.67. The Labute approximate surface area is 116 Å². The number of hydrogen-bond acceptors (Lipinski definition) is 4. The molecule has 0 bridgehead atoms. The molecule has 0 aliphatic carbocycles. The van der Waals surface area contributed by atoms with Crippen LogP contribution in [0.4, 0.5) is 5.69 Å². The van der Waals surface area contributed by atoms with Crippen LogP contribution in [0.5, 0.6) is 0 Å². The molecule has 7 heteroatoms. The standard InChI is InChI=1S/C13H14N2O4S/c1-8-4-3-5-10(9(8)2)15-13(16)11-6-7-12(19-11)20(14,17)18/h3-7H,1-2H3,(H,15,16)(H2,14,17,18). The number of sulfonamides is 1. The summed E-state index contributed by atoms with van der Waals surface area (Å²) < 4.78 is 27.1. The number of rotatable bonds is 3. The van der Waals surface area contributed by atoms with Gasteiger partial charge in [-0.25, -0.2) is 13.6 Å². The van der Waals surface area contributed by atoms with Crippen LogP contribution in [0, 0.1) is 13.8 Å². The first-order chi connectivity index (χ1) is 9.29. The summed E-state index contributed by atoms with van der Waals surface area (Å²) >= 11 is 0. The van der Waals surface area contributed by atoms with Crippen LogP contribution in [-0.4, -0.2) is 14.3 Å². The van der Waals surface area contributed by atoms with E-state index in [4.69, 9.17) is 9.56 Å². The van der Waals surface area contributed by atoms with Gasteiger partial charge in [0.25, 0.3) is 15.9 Å². The summed E-state index contributed by atoms with van der Waals surface area (Å²) in [5.74, 6) is -0.650. The maximum absolute atomic E-state index is 12.0. The number of primary sulfonamides is 1. The van der Waals surface area contributed by atoms with E-state index in [1.54, 1.807) is 6.07 Å². The normalized spacial score (nSPS) is 11.3. The van der Waals surface area contributed by atoms with E-state index in [0.29, 0.717) is 5.69 Å². The van der Waals surface area contributed by atoms with E-state index in [0.717, 1.165) is 17.2 Å². The molecule has 1 aromatic heterocycles. The SMILES string of the molecule is Cc1cccc(NC(=O)c2ccc(S(N)(=O)=O)o2)c1C. The molecule has 0 aliphatic heterocycles. The third-order valence-electron chi connectivity index (χ3n) is 2.94. The Morgan fingerprint density at radius 1 is 1.20 bits per heavy atom. The largest absolute Gasteiger partial charge is 0.438 e. The van der Waals surface area contributed by atoms with Gasteiger partial charge in [-0.05, 0) is 43.2 Å². The number of carbonyl (C=O) groups is 1. The first kappa shape index (κ1) is 14.3. The van der Waals surface area contributed by atoms with Crippen molar-refractivity contribution in [3.8, 4) is 0 Å². The molecule has 106 valence electrons. The predicted octanol–water partition coefficient (Wildman–Crippen LogP) is 1.80. The van der Waals surface area contributed by atoms with Gasteiger partial charge in [0, 0.05) is 5.69 Å². The molecule has 0 saturated carbocycles. The van der Waals surface area contributed by atoms with Crippen LogP contribution in [-0.2, 0) is 10.0 Å². The van der Waals surface area contributed by atoms with Gasteiger partial charge in [-0.3, -0.25) is 4.79 Å². The molecule has 2 rings (SSSR count). The van der Waals surface area contributed by atoms with Crippen molar-refractivity contribution >= 4 is 21.6 Å². The lowest BCUT2D eigenvalue weighted by Gasteiger charge is -2.08. The molecule has 3 N–H and O–H groups in total. The van der Waals surface area contributed by atoms with Crippen molar-refractivity contribution < 1.29 is 17.6 Å². The number of hydrogen-bond donors (Lipinski definition) is 2. The Hall–Kier alpha value is -2.12. The zero-order valence-electron chi connectivity index (χ0n) is 11.0. The van der Waals surface area contributed by atoms with Gasteiger partial charge in [0.05, 0.1) is 0 Å². The number of benzene rings is 1. The summed E-state index contributed by atoms with van der Waals surface area (Å²) in [5.41, 5.74) is 2.61. The van der Waals surface area contributed by atoms with Crippen LogP contribution in [0.25, 0.3) is 0 Å². The Bertz CT molecular complexity index is 762. The second-order valence-electron chi connectivity index (χ2n) is 4.37. The van der Waals surface area contributed by atoms with Gasteiger partial charge in [0.15, 0.2) is 5.76 Å². The summed E-state index contributed by atoms with van der Waals surface area (Å²) in [6.45, 7) is 3.81. The fourth-order valence-corrected chi connectivity index (χ4v) is 2.13. The fraction of sp³-hybridized carbons (Fsp3) is 0.154. The van der Waals surface area contributed by atoms with Crippen molar-refractivity contribution in [1.29, 1.82) is 0 Å². The van der Waals surface area contributed by atoms with E-state index in [9.17, 15) is 13.2 Å². The van der Waals surface area contributed by atoms with Crippen molar-refractivity contribution in [3.05, 3.63) is 47.2 Å². The van der Waals surface area contributed by atoms with Crippen LogP contribution in [0.2, 0.25) is 0 Å². The average molecular weight is 294 g/mol. The van der Waals surface area contributed by atoms with Gasteiger partial charge in [-0.2, -0.15) is 0 Å². The van der Waals surface area contributed by atoms with E-state index in [1.807, 2.05) is 26.0 Å². The quantitative estimate of drug-likeness (QED) is 0.900. The van der Waals surface area contributed by atoms with Gasteiger partial charge in [-0.15, -0.1) is 0 Å². The van der Waals surface area contributed by atoms with Gasteiger partial charge < -0.3 is 9.73 Å². The monoisotopic (exact) mass is 294 g/mol. The highest BCUT2D eigenvalue weighted by atomic mass is 32.2. The number of anilines is 1. The number of amides is 1. The Kier molecular flexibility index (Phi) is 3.65. The van der Waals surface area contributed by atoms with Crippen LogP contribution in [0.3, 0.4) is 0 Å². The molecule has 20 heavy (non-hydrogen) atoms. The molecule has 1 amide bonds. The van der Waals surface area contributed by atoms with Gasteiger partial charge in [-0.1, -0.05) is 12.1 Å². The second-order valence-corrected chi connectivity index (χ2v) is 5.86. The summed E-state index contributed by atoms with van der Waals surface area (Å²) in [5, 5.41) is 7.14. The van der Waals surface area contributed by atoms with E-state index in [-0.39, 0.29) is 5.76 Å². The number of nitrogens with one attached hydrogen (secondary N) is 1. The molecule has 1 aromatic carbocycles. The third kappa shape index (κ3) is 2.89. The lowest BCUT2D eigenvalue weighted by molar-refractivity contribution is 0.0991. The molecule has 2 aromatic rings. The first-order valence-electron chi connectivity index (χ1n) is 5.79. The Morgan fingerprint density at radius 2 is 1.90 bits per heavy atom. The zero-order valence-corrected chi connectivity index (χ0v) is 11.8. The predicted molar refractivity (Wildman–Crippen MR) is 74.0 cm³/mol. The van der Waals surface area contributed by atoms with Gasteiger partial charge in [0.2, 0.25) is 5.09 Å². The average Bonchev–Trinajstić information content (AvgIpc) is 2.84. The second kappa shape index (κ2) is 5.10. The minimum Gasteiger partial charge on any atom is -0.438 e. The summed E-state index contributed by atoms with van der Waals surface area (Å²) in [7, 11) is -3.95. The minimum absolute atomic E-state index is 0.116. The number of furan rings is 1. The smallest absolute Gasteiger partial charge is 0.291 e. The topological polar surface area (TPSA) is 102 Å². The molecule has 0 fully saturated rings. The Balaban J connectivity index is 2.25. The summed E-state index contributed by atoms with van der Waals surface area (Å²) in [6.07, 6.45) is 0. The molecule has 0 aliphatic rings. The van der Waals surface area contributed by atoms with E-state index in [1.165, 1.54) is 6.07 Å². The molecule has 0 saturated heterocycles. The molecule has 0 unspecified atom stereocenters. The van der Waals surface area contributed by atoms with Crippen molar-refractivity contribution in [2.45, 2.75) is 18.9 Å². The number of aryl methyl sites for hydroxylation is 1. The highest BCUT2D eigenvalue weighted by molar-refractivity contribution is 7.89. The van der Waals surface area contributed by atoms with Gasteiger partial charge >= 0.3 is 0 Å². The maximum atomic E-state index is 12.0. The van der Waals surface area contributed by atoms with Crippen LogP contribution >= 0.6 is 0 Å². The van der Waals surface area contributed by atoms with Crippen molar-refractivity contribution in [2.24, 2.45) is 5.14 Å². The van der Waals surface area contributed by atoms with Crippen molar-refractivity contribution in [2.75, 3.05) is 5.32 Å². The summed E-state index contributed by atoms with van der Waals surface area (Å²) in [6, 6.07) is 7.91. The first-order valence-corrected chi connectivity index (χ1v) is 7.34. The van der Waals surface area contributed by atoms with Crippen LogP contribution in [0.1, 0.15) is 21.7 Å². The zero-order chi connectivity index (χ0) is 14.9. The molecule has 0 radical (unpaired) electrons. The van der Waals surface area contributed by atoms with E-state index >= 15 is 0 Å². The molecular weight excluding hydrogens is 280 g/mol. The van der Waals surface area contributed by atoms with E-state index in [2.05, 4.69) is 5.32 Å². The minimum atomic E-state index is -3.95. The number of nitrogens with two attached hydrogens (primary N) is 1. The van der Waals surface area contributed by atoms with Crippen LogP contribution in [0.15, 0.2) is 39.8 Å². The lowest BCUT2D eigenvalue weighted by Crippen LogP contribution is -2.13. The van der Waals surface area contributed by atoms with Crippen LogP contribution < -0.4 is 10.5 Å². The van der Waals surface area contributed by atoms with E-state index < -0.39 is 21.0 Å². The molecule has 1 heterocycles. The molecule has 0 spiro atoms. The van der Waals surface area contributed by atoms with Crippen molar-refractivity contribution in [3.63, 3.8) is 0 Å². The maximum Gasteiger partial charge on any atom is 0.291 e. The summed E-state index contributed by atoms with van der Waals surface area (Å²) in [4.78, 5) is 12.0. The molecule has 6 nitrogen and oxygen atoms in total. The molecular formula is C13H14N2O4S. The van der Waals surface area contributed by atoms with Crippen molar-refractivity contribution in [1.82, 2.24) is 0 Å². The highest BCUT2D eigenvalue weighted by Crippen LogP contribution is 2.20. The highest BCUT2D eigenvalue weighted by Gasteiger charge is 2.18. The van der Waals surface area contributed by atoms with Gasteiger partial charge in [0.1, 0.15) is 0 Å². The lowest BCUT2D eigenvalue weighted by atomic mass is 10.1. The third-order valence-corrected chi connectivity index (χ3v) is 3.72. The number of carbonyl (C=O) groups excluding carboxylic acids is 1. The Morgan fingerprint density at radius 3 is 2.50 bits per heavy atom.